The van der Waals surface area contributed by atoms with Gasteiger partial charge in [0, 0.05) is 11.8 Å². The lowest BCUT2D eigenvalue weighted by Crippen LogP contribution is -2.30. The van der Waals surface area contributed by atoms with Crippen LogP contribution in [0.1, 0.15) is 5.56 Å². The van der Waals surface area contributed by atoms with Crippen LogP contribution in [0.2, 0.25) is 0 Å². The molecule has 0 aliphatic rings. The molecule has 24 heavy (non-hydrogen) atoms. The highest BCUT2D eigenvalue weighted by Gasteiger charge is 2.20. The highest BCUT2D eigenvalue weighted by atomic mass is 31.2. The van der Waals surface area contributed by atoms with Gasteiger partial charge in [0.25, 0.3) is 0 Å². The molecule has 0 radical (unpaired) electrons. The third-order valence-electron chi connectivity index (χ3n) is 2.39. The summed E-state index contributed by atoms with van der Waals surface area (Å²) in [5, 5.41) is 0. The molecule has 0 fully saturated rings. The molecule has 0 atom stereocenters. The third-order valence-corrected chi connectivity index (χ3v) is 3.43. The van der Waals surface area contributed by atoms with Crippen molar-refractivity contribution in [1.82, 2.24) is 9.97 Å². The average molecular weight is 387 g/mol. The monoisotopic (exact) mass is 387 g/mol. The zero-order chi connectivity index (χ0) is 18.4. The Morgan fingerprint density at radius 3 is 2.04 bits per heavy atom. The van der Waals surface area contributed by atoms with E-state index in [1.54, 1.807) is 6.92 Å². The van der Waals surface area contributed by atoms with E-state index >= 15 is 0 Å². The summed E-state index contributed by atoms with van der Waals surface area (Å²) in [5.74, 6) is 0.172. The first-order chi connectivity index (χ1) is 11.0. The van der Waals surface area contributed by atoms with Crippen LogP contribution >= 0.6 is 15.2 Å². The predicted molar refractivity (Wildman–Crippen MR) is 81.3 cm³/mol. The van der Waals surface area contributed by atoms with Gasteiger partial charge in [0.1, 0.15) is 24.6 Å². The van der Waals surface area contributed by atoms with E-state index in [-0.39, 0.29) is 25.0 Å². The van der Waals surface area contributed by atoms with Crippen molar-refractivity contribution in [2.24, 2.45) is 0 Å². The van der Waals surface area contributed by atoms with E-state index in [4.69, 9.17) is 39.5 Å². The predicted octanol–water partition coefficient (Wildman–Crippen LogP) is -0.582. The highest BCUT2D eigenvalue weighted by molar-refractivity contribution is 7.51. The summed E-state index contributed by atoms with van der Waals surface area (Å²) in [6, 6.07) is -0.136. The largest absolute Gasteiger partial charge is 0.455 e. The molecule has 0 aromatic carbocycles. The van der Waals surface area contributed by atoms with Gasteiger partial charge in [-0.05, 0) is 6.92 Å². The zero-order valence-corrected chi connectivity index (χ0v) is 14.5. The topological polar surface area (TPSA) is 195 Å². The Bertz CT molecular complexity index is 604. The number of nitrogens with two attached hydrogens (primary N) is 1. The summed E-state index contributed by atoms with van der Waals surface area (Å²) in [5.41, 5.74) is 6.23. The lowest BCUT2D eigenvalue weighted by molar-refractivity contribution is 0.00477. The number of nitrogen functional groups attached to an aromatic ring is 1. The van der Waals surface area contributed by atoms with Gasteiger partial charge in [-0.15, -0.1) is 0 Å². The van der Waals surface area contributed by atoms with Gasteiger partial charge < -0.3 is 39.5 Å². The maximum Gasteiger partial charge on any atom is 0.350 e. The molecule has 0 amide bonds. The van der Waals surface area contributed by atoms with E-state index in [1.165, 1.54) is 6.20 Å². The number of hydrogen-bond donors (Lipinski definition) is 5. The first-order valence-corrected chi connectivity index (χ1v) is 10.1. The van der Waals surface area contributed by atoms with E-state index < -0.39 is 34.0 Å². The van der Waals surface area contributed by atoms with Crippen molar-refractivity contribution in [2.75, 3.05) is 31.6 Å². The minimum Gasteiger partial charge on any atom is -0.455 e. The van der Waals surface area contributed by atoms with Crippen LogP contribution in [0, 0.1) is 6.92 Å². The fourth-order valence-corrected chi connectivity index (χ4v) is 2.05. The minimum atomic E-state index is -4.37. The molecule has 0 unspecified atom stereocenters. The van der Waals surface area contributed by atoms with E-state index in [0.717, 1.165) is 0 Å². The molecule has 12 nitrogen and oxygen atoms in total. The van der Waals surface area contributed by atoms with Crippen LogP contribution in [-0.4, -0.2) is 61.6 Å². The molecule has 1 aromatic rings. The Kier molecular flexibility index (Phi) is 7.71. The van der Waals surface area contributed by atoms with Gasteiger partial charge >= 0.3 is 21.2 Å². The van der Waals surface area contributed by atoms with Crippen LogP contribution in [-0.2, 0) is 18.6 Å². The number of hydrogen-bond acceptors (Lipinski definition) is 8. The molecule has 1 rings (SSSR count). The fraction of sp³-hybridized carbons (Fsp3) is 0.600. The number of ether oxygens (including phenoxy) is 3. The van der Waals surface area contributed by atoms with Crippen LogP contribution < -0.4 is 10.5 Å². The maximum atomic E-state index is 10.8. The molecule has 6 N–H and O–H groups in total. The molecule has 0 saturated carbocycles. The molecule has 14 heteroatoms. The smallest absolute Gasteiger partial charge is 0.350 e. The first kappa shape index (κ1) is 20.9. The first-order valence-electron chi connectivity index (χ1n) is 6.46. The number of aromatic nitrogens is 2. The van der Waals surface area contributed by atoms with Crippen LogP contribution in [0.15, 0.2) is 6.20 Å². The van der Waals surface area contributed by atoms with Crippen molar-refractivity contribution < 1.29 is 42.9 Å². The zero-order valence-electron chi connectivity index (χ0n) is 12.7. The second kappa shape index (κ2) is 8.84. The van der Waals surface area contributed by atoms with Crippen molar-refractivity contribution in [3.63, 3.8) is 0 Å². The molecule has 0 aliphatic carbocycles. The molecule has 0 aliphatic heterocycles. The molecule has 1 aromatic heterocycles. The standard InChI is InChI=1S/C10H19N3O9P2/c1-7-2-12-10(13-9(7)11)22-8(3-20-5-23(14,15)16)4-21-6-24(17,18)19/h2,8H,3-6H2,1H3,(H2,11,12,13)(H2,14,15,16)(H2,17,18,19). The second-order valence-corrected chi connectivity index (χ2v) is 7.96. The van der Waals surface area contributed by atoms with Gasteiger partial charge in [-0.3, -0.25) is 9.13 Å². The van der Waals surface area contributed by atoms with Gasteiger partial charge in [0.15, 0.2) is 0 Å². The number of rotatable bonds is 10. The molecule has 0 bridgehead atoms. The lowest BCUT2D eigenvalue weighted by atomic mass is 10.3. The highest BCUT2D eigenvalue weighted by Crippen LogP contribution is 2.34. The number of aryl methyl sites for hydroxylation is 1. The van der Waals surface area contributed by atoms with Gasteiger partial charge in [-0.25, -0.2) is 4.98 Å². The van der Waals surface area contributed by atoms with E-state index in [2.05, 4.69) is 9.97 Å². The molecular weight excluding hydrogens is 368 g/mol. The van der Waals surface area contributed by atoms with Crippen LogP contribution in [0.5, 0.6) is 6.01 Å². The Balaban J connectivity index is 2.66. The summed E-state index contributed by atoms with van der Waals surface area (Å²) in [4.78, 5) is 42.7. The lowest BCUT2D eigenvalue weighted by Gasteiger charge is -2.18. The summed E-state index contributed by atoms with van der Waals surface area (Å²) in [7, 11) is -8.73. The number of anilines is 1. The maximum absolute atomic E-state index is 10.8. The van der Waals surface area contributed by atoms with Gasteiger partial charge in [0.2, 0.25) is 0 Å². The summed E-state index contributed by atoms with van der Waals surface area (Å²) in [6.45, 7) is 1.02. The van der Waals surface area contributed by atoms with Crippen molar-refractivity contribution >= 4 is 21.0 Å². The summed E-state index contributed by atoms with van der Waals surface area (Å²) >= 11 is 0. The van der Waals surface area contributed by atoms with Gasteiger partial charge in [-0.1, -0.05) is 0 Å². The Labute approximate surface area is 137 Å². The van der Waals surface area contributed by atoms with Gasteiger partial charge in [0.05, 0.1) is 13.2 Å². The molecule has 0 saturated heterocycles. The fourth-order valence-electron chi connectivity index (χ4n) is 1.37. The van der Waals surface area contributed by atoms with Crippen molar-refractivity contribution in [3.8, 4) is 6.01 Å². The average Bonchev–Trinajstić information content (AvgIpc) is 2.40. The Morgan fingerprint density at radius 2 is 1.62 bits per heavy atom. The van der Waals surface area contributed by atoms with Crippen molar-refractivity contribution in [2.45, 2.75) is 13.0 Å². The quantitative estimate of drug-likeness (QED) is 0.321. The van der Waals surface area contributed by atoms with Crippen molar-refractivity contribution in [1.29, 1.82) is 0 Å². The van der Waals surface area contributed by atoms with Gasteiger partial charge in [-0.2, -0.15) is 4.98 Å². The molecule has 1 heterocycles. The number of nitrogens with zero attached hydrogens (tertiary/aromatic N) is 2. The van der Waals surface area contributed by atoms with E-state index in [1.807, 2.05) is 0 Å². The second-order valence-electron chi connectivity index (χ2n) is 4.79. The summed E-state index contributed by atoms with van der Waals surface area (Å²) < 4.78 is 36.5. The van der Waals surface area contributed by atoms with Crippen LogP contribution in [0.3, 0.4) is 0 Å². The molecule has 138 valence electrons. The normalized spacial score (nSPS) is 12.6. The molecular formula is C10H19N3O9P2. The Hall–Kier alpha value is -1.10. The SMILES string of the molecule is Cc1cnc(OC(COCP(=O)(O)O)COCP(=O)(O)O)nc1N. The van der Waals surface area contributed by atoms with E-state index in [9.17, 15) is 9.13 Å². The third kappa shape index (κ3) is 9.26. The Morgan fingerprint density at radius 1 is 1.12 bits per heavy atom. The van der Waals surface area contributed by atoms with Crippen molar-refractivity contribution in [3.05, 3.63) is 11.8 Å². The molecule has 0 spiro atoms. The van der Waals surface area contributed by atoms with E-state index in [0.29, 0.717) is 5.56 Å². The van der Waals surface area contributed by atoms with Crippen LogP contribution in [0.25, 0.3) is 0 Å². The minimum absolute atomic E-state index is 0.136. The summed E-state index contributed by atoms with van der Waals surface area (Å²) in [6.07, 6.45) is -1.25. The van der Waals surface area contributed by atoms with Crippen LogP contribution in [0.4, 0.5) is 5.82 Å².